The lowest BCUT2D eigenvalue weighted by Gasteiger charge is -2.18. The lowest BCUT2D eigenvalue weighted by molar-refractivity contribution is 0.0516. The molecular formula is C22H21ClFN3O3. The highest BCUT2D eigenvalue weighted by Crippen LogP contribution is 2.33. The minimum absolute atomic E-state index is 0.0215. The number of nitrogens with two attached hydrogens (primary N) is 1. The molecule has 0 aliphatic rings. The minimum atomic E-state index is -0.682. The molecule has 3 aromatic rings. The lowest BCUT2D eigenvalue weighted by atomic mass is 9.87. The van der Waals surface area contributed by atoms with Crippen LogP contribution in [0.15, 0.2) is 52.1 Å². The number of benzene rings is 2. The lowest BCUT2D eigenvalue weighted by Crippen LogP contribution is -2.17. The van der Waals surface area contributed by atoms with E-state index in [4.69, 9.17) is 26.7 Å². The maximum Gasteiger partial charge on any atom is 0.365 e. The molecule has 0 amide bonds. The second-order valence-corrected chi connectivity index (χ2v) is 8.15. The van der Waals surface area contributed by atoms with Crippen molar-refractivity contribution in [2.45, 2.75) is 33.1 Å². The van der Waals surface area contributed by atoms with E-state index >= 15 is 0 Å². The summed E-state index contributed by atoms with van der Waals surface area (Å²) in [5.74, 6) is -1.20. The molecule has 0 atom stereocenters. The van der Waals surface area contributed by atoms with Crippen LogP contribution >= 0.6 is 11.6 Å². The Balaban J connectivity index is 1.87. The van der Waals surface area contributed by atoms with E-state index in [1.807, 2.05) is 12.1 Å². The third kappa shape index (κ3) is 4.36. The van der Waals surface area contributed by atoms with E-state index in [1.54, 1.807) is 19.1 Å². The Kier molecular flexibility index (Phi) is 5.94. The Bertz CT molecular complexity index is 1100. The normalized spacial score (nSPS) is 12.1. The van der Waals surface area contributed by atoms with Crippen LogP contribution in [0.3, 0.4) is 0 Å². The van der Waals surface area contributed by atoms with Crippen molar-refractivity contribution in [3.05, 3.63) is 75.8 Å². The number of carbonyl (C=O) groups is 1. The first kappa shape index (κ1) is 21.5. The Labute approximate surface area is 178 Å². The van der Waals surface area contributed by atoms with Crippen molar-refractivity contribution in [1.29, 1.82) is 0 Å². The van der Waals surface area contributed by atoms with E-state index in [1.165, 1.54) is 18.2 Å². The van der Waals surface area contributed by atoms with Gasteiger partial charge in [-0.3, -0.25) is 0 Å². The van der Waals surface area contributed by atoms with Gasteiger partial charge in [0.05, 0.1) is 21.7 Å². The zero-order chi connectivity index (χ0) is 22.1. The summed E-state index contributed by atoms with van der Waals surface area (Å²) in [6.07, 6.45) is 0. The van der Waals surface area contributed by atoms with E-state index in [0.29, 0.717) is 5.56 Å². The van der Waals surface area contributed by atoms with Crippen LogP contribution in [0.1, 0.15) is 48.0 Å². The molecule has 0 aliphatic carbocycles. The molecule has 2 aromatic carbocycles. The number of aryl methyl sites for hydroxylation is 1. The maximum atomic E-state index is 14.3. The Morgan fingerprint density at radius 1 is 1.20 bits per heavy atom. The van der Waals surface area contributed by atoms with E-state index in [2.05, 4.69) is 31.1 Å². The first-order valence-electron chi connectivity index (χ1n) is 9.16. The Morgan fingerprint density at radius 2 is 1.87 bits per heavy atom. The summed E-state index contributed by atoms with van der Waals surface area (Å²) in [6, 6.07) is 11.2. The highest BCUT2D eigenvalue weighted by atomic mass is 35.5. The van der Waals surface area contributed by atoms with Crippen LogP contribution in [-0.4, -0.2) is 17.0 Å². The van der Waals surface area contributed by atoms with Crippen molar-refractivity contribution < 1.29 is 18.5 Å². The fraction of sp³-hybridized carbons (Fsp3) is 0.227. The van der Waals surface area contributed by atoms with Gasteiger partial charge in [-0.15, -0.1) is 0 Å². The number of oxime groups is 1. The zero-order valence-electron chi connectivity index (χ0n) is 17.0. The van der Waals surface area contributed by atoms with Gasteiger partial charge in [0.15, 0.2) is 5.84 Å². The van der Waals surface area contributed by atoms with Gasteiger partial charge in [-0.05, 0) is 42.2 Å². The van der Waals surface area contributed by atoms with E-state index in [0.717, 1.165) is 5.56 Å². The Hall–Kier alpha value is -3.19. The van der Waals surface area contributed by atoms with Crippen LogP contribution < -0.4 is 5.73 Å². The smallest absolute Gasteiger partial charge is 0.365 e. The number of nitrogens with zero attached hydrogens (tertiary/aromatic N) is 2. The van der Waals surface area contributed by atoms with Crippen LogP contribution in [0.4, 0.5) is 4.39 Å². The standard InChI is InChI=1S/C22H21ClFN3O3/c1-12-17(19(26-29-12)18-15(23)6-5-7-16(18)24)20(25)27-30-21(28)13-8-10-14(11-9-13)22(2,3)4/h5-11H,1-4H3,(H2,25,27). The molecule has 3 rings (SSSR count). The largest absolute Gasteiger partial charge is 0.380 e. The van der Waals surface area contributed by atoms with Gasteiger partial charge in [0.25, 0.3) is 0 Å². The molecule has 0 fully saturated rings. The molecule has 0 spiro atoms. The highest BCUT2D eigenvalue weighted by molar-refractivity contribution is 6.33. The minimum Gasteiger partial charge on any atom is -0.380 e. The maximum absolute atomic E-state index is 14.3. The Morgan fingerprint density at radius 3 is 2.47 bits per heavy atom. The highest BCUT2D eigenvalue weighted by Gasteiger charge is 2.23. The van der Waals surface area contributed by atoms with Crippen LogP contribution in [0.5, 0.6) is 0 Å². The van der Waals surface area contributed by atoms with E-state index in [-0.39, 0.29) is 38.9 Å². The fourth-order valence-electron chi connectivity index (χ4n) is 2.86. The van der Waals surface area contributed by atoms with Gasteiger partial charge in [-0.25, -0.2) is 9.18 Å². The molecule has 0 bridgehead atoms. The van der Waals surface area contributed by atoms with Gasteiger partial charge in [0.2, 0.25) is 0 Å². The molecular weight excluding hydrogens is 409 g/mol. The fourth-order valence-corrected chi connectivity index (χ4v) is 3.12. The summed E-state index contributed by atoms with van der Waals surface area (Å²) < 4.78 is 19.4. The third-order valence-electron chi connectivity index (χ3n) is 4.53. The second-order valence-electron chi connectivity index (χ2n) is 7.74. The predicted molar refractivity (Wildman–Crippen MR) is 113 cm³/mol. The predicted octanol–water partition coefficient (Wildman–Crippen LogP) is 5.22. The second kappa shape index (κ2) is 8.28. The SMILES string of the molecule is Cc1onc(-c2c(F)cccc2Cl)c1/C(N)=N\OC(=O)c1ccc(C(C)(C)C)cc1. The van der Waals surface area contributed by atoms with Crippen molar-refractivity contribution in [1.82, 2.24) is 5.16 Å². The molecule has 1 aromatic heterocycles. The molecule has 0 saturated carbocycles. The zero-order valence-corrected chi connectivity index (χ0v) is 17.7. The van der Waals surface area contributed by atoms with Gasteiger partial charge in [-0.2, -0.15) is 0 Å². The summed E-state index contributed by atoms with van der Waals surface area (Å²) in [4.78, 5) is 17.3. The quantitative estimate of drug-likeness (QED) is 0.266. The van der Waals surface area contributed by atoms with Crippen LogP contribution in [0.25, 0.3) is 11.3 Å². The summed E-state index contributed by atoms with van der Waals surface area (Å²) in [7, 11) is 0. The molecule has 156 valence electrons. The number of halogens is 2. The summed E-state index contributed by atoms with van der Waals surface area (Å²) in [5.41, 5.74) is 7.63. The molecule has 0 radical (unpaired) electrons. The van der Waals surface area contributed by atoms with Gasteiger partial charge in [0, 0.05) is 0 Å². The van der Waals surface area contributed by atoms with Crippen molar-refractivity contribution in [2.24, 2.45) is 10.9 Å². The number of hydrogen-bond donors (Lipinski definition) is 1. The monoisotopic (exact) mass is 429 g/mol. The number of rotatable bonds is 4. The van der Waals surface area contributed by atoms with Crippen molar-refractivity contribution in [2.75, 3.05) is 0 Å². The molecule has 30 heavy (non-hydrogen) atoms. The van der Waals surface area contributed by atoms with E-state index in [9.17, 15) is 9.18 Å². The van der Waals surface area contributed by atoms with Gasteiger partial charge >= 0.3 is 5.97 Å². The van der Waals surface area contributed by atoms with Crippen molar-refractivity contribution >= 4 is 23.4 Å². The van der Waals surface area contributed by atoms with Gasteiger partial charge in [-0.1, -0.05) is 60.9 Å². The summed E-state index contributed by atoms with van der Waals surface area (Å²) >= 11 is 6.11. The van der Waals surface area contributed by atoms with Gasteiger partial charge < -0.3 is 15.1 Å². The molecule has 0 aliphatic heterocycles. The summed E-state index contributed by atoms with van der Waals surface area (Å²) in [5, 5.41) is 7.68. The first-order chi connectivity index (χ1) is 14.1. The third-order valence-corrected chi connectivity index (χ3v) is 4.85. The number of hydrogen-bond acceptors (Lipinski definition) is 5. The first-order valence-corrected chi connectivity index (χ1v) is 9.53. The summed E-state index contributed by atoms with van der Waals surface area (Å²) in [6.45, 7) is 7.81. The number of amidine groups is 1. The molecule has 0 saturated heterocycles. The van der Waals surface area contributed by atoms with Crippen LogP contribution in [0.2, 0.25) is 5.02 Å². The van der Waals surface area contributed by atoms with E-state index < -0.39 is 11.8 Å². The molecule has 6 nitrogen and oxygen atoms in total. The van der Waals surface area contributed by atoms with Crippen LogP contribution in [-0.2, 0) is 10.3 Å². The van der Waals surface area contributed by atoms with Gasteiger partial charge in [0.1, 0.15) is 17.3 Å². The molecule has 2 N–H and O–H groups in total. The number of aromatic nitrogens is 1. The van der Waals surface area contributed by atoms with Crippen molar-refractivity contribution in [3.63, 3.8) is 0 Å². The topological polar surface area (TPSA) is 90.7 Å². The van der Waals surface area contributed by atoms with Crippen LogP contribution in [0, 0.1) is 12.7 Å². The molecule has 0 unspecified atom stereocenters. The molecule has 8 heteroatoms. The number of carbonyl (C=O) groups excluding carboxylic acids is 1. The average Bonchev–Trinajstić information content (AvgIpc) is 3.06. The molecule has 1 heterocycles. The average molecular weight is 430 g/mol. The van der Waals surface area contributed by atoms with Crippen molar-refractivity contribution in [3.8, 4) is 11.3 Å².